The van der Waals surface area contributed by atoms with Crippen molar-refractivity contribution in [1.82, 2.24) is 25.2 Å². The SMILES string of the molecule is CCCN1C(=O)NC(=N)C1c1cn(CCCO)nn1. The number of aliphatic hydroxyl groups is 1. The molecule has 3 N–H and O–H groups in total. The number of nitrogens with one attached hydrogen (secondary N) is 2. The highest BCUT2D eigenvalue weighted by atomic mass is 16.3. The van der Waals surface area contributed by atoms with Crippen LogP contribution in [0.25, 0.3) is 0 Å². The lowest BCUT2D eigenvalue weighted by molar-refractivity contribution is 0.205. The number of aliphatic hydroxyl groups excluding tert-OH is 1. The number of rotatable bonds is 6. The molecule has 1 aromatic rings. The highest BCUT2D eigenvalue weighted by Gasteiger charge is 2.37. The fourth-order valence-electron chi connectivity index (χ4n) is 2.09. The highest BCUT2D eigenvalue weighted by molar-refractivity contribution is 6.05. The molecule has 2 amide bonds. The second kappa shape index (κ2) is 5.79. The summed E-state index contributed by atoms with van der Waals surface area (Å²) in [7, 11) is 0. The van der Waals surface area contributed by atoms with Crippen molar-refractivity contribution in [3.63, 3.8) is 0 Å². The van der Waals surface area contributed by atoms with Gasteiger partial charge in [-0.3, -0.25) is 15.4 Å². The summed E-state index contributed by atoms with van der Waals surface area (Å²) < 4.78 is 1.62. The smallest absolute Gasteiger partial charge is 0.323 e. The molecule has 8 heteroatoms. The maximum Gasteiger partial charge on any atom is 0.323 e. The van der Waals surface area contributed by atoms with Crippen LogP contribution in [0.5, 0.6) is 0 Å². The minimum Gasteiger partial charge on any atom is -0.396 e. The normalized spacial score (nSPS) is 19.1. The number of amides is 2. The summed E-state index contributed by atoms with van der Waals surface area (Å²) in [6.07, 6.45) is 3.13. The lowest BCUT2D eigenvalue weighted by Crippen LogP contribution is -2.30. The molecule has 0 saturated carbocycles. The third-order valence-corrected chi connectivity index (χ3v) is 2.93. The van der Waals surface area contributed by atoms with Gasteiger partial charge in [0.15, 0.2) is 0 Å². The molecule has 1 fully saturated rings. The van der Waals surface area contributed by atoms with Crippen LogP contribution in [0.1, 0.15) is 31.5 Å². The van der Waals surface area contributed by atoms with Gasteiger partial charge in [0.1, 0.15) is 17.6 Å². The molecule has 8 nitrogen and oxygen atoms in total. The highest BCUT2D eigenvalue weighted by Crippen LogP contribution is 2.24. The number of amidine groups is 1. The zero-order valence-electron chi connectivity index (χ0n) is 10.8. The van der Waals surface area contributed by atoms with Crippen LogP contribution in [0.4, 0.5) is 4.79 Å². The largest absolute Gasteiger partial charge is 0.396 e. The van der Waals surface area contributed by atoms with Gasteiger partial charge < -0.3 is 10.0 Å². The Morgan fingerprint density at radius 2 is 2.32 bits per heavy atom. The van der Waals surface area contributed by atoms with E-state index in [-0.39, 0.29) is 18.5 Å². The van der Waals surface area contributed by atoms with Gasteiger partial charge in [-0.15, -0.1) is 5.10 Å². The number of aromatic nitrogens is 3. The van der Waals surface area contributed by atoms with Gasteiger partial charge in [0.25, 0.3) is 0 Å². The molecule has 1 aromatic heterocycles. The molecule has 19 heavy (non-hydrogen) atoms. The summed E-state index contributed by atoms with van der Waals surface area (Å²) in [5.74, 6) is 0.132. The molecule has 1 atom stereocenters. The standard InChI is InChI=1S/C11H18N6O2/c1-2-4-17-9(10(12)13-11(17)19)8-7-16(15-14-8)5-3-6-18/h7,9,18H,2-6H2,1H3,(H2,12,13,19). The van der Waals surface area contributed by atoms with Crippen LogP contribution in [0.2, 0.25) is 0 Å². The number of hydrogen-bond donors (Lipinski definition) is 3. The quantitative estimate of drug-likeness (QED) is 0.679. The monoisotopic (exact) mass is 266 g/mol. The first-order chi connectivity index (χ1) is 9.17. The first kappa shape index (κ1) is 13.5. The van der Waals surface area contributed by atoms with Gasteiger partial charge in [-0.1, -0.05) is 12.1 Å². The Morgan fingerprint density at radius 3 is 3.00 bits per heavy atom. The van der Waals surface area contributed by atoms with Crippen LogP contribution in [0, 0.1) is 5.41 Å². The Bertz CT molecular complexity index is 472. The second-order valence-electron chi connectivity index (χ2n) is 4.42. The first-order valence-electron chi connectivity index (χ1n) is 6.34. The van der Waals surface area contributed by atoms with Gasteiger partial charge in [-0.25, -0.2) is 4.79 Å². The van der Waals surface area contributed by atoms with E-state index in [0.29, 0.717) is 25.2 Å². The molecule has 0 bridgehead atoms. The third kappa shape index (κ3) is 2.73. The van der Waals surface area contributed by atoms with Crippen molar-refractivity contribution in [1.29, 1.82) is 5.41 Å². The molecule has 2 heterocycles. The Balaban J connectivity index is 2.16. The van der Waals surface area contributed by atoms with Gasteiger partial charge in [-0.2, -0.15) is 0 Å². The zero-order valence-corrected chi connectivity index (χ0v) is 10.8. The summed E-state index contributed by atoms with van der Waals surface area (Å²) in [6.45, 7) is 3.21. The van der Waals surface area contributed by atoms with Crippen molar-refractivity contribution in [2.45, 2.75) is 32.4 Å². The van der Waals surface area contributed by atoms with Gasteiger partial charge in [-0.05, 0) is 12.8 Å². The van der Waals surface area contributed by atoms with E-state index in [1.165, 1.54) is 0 Å². The first-order valence-corrected chi connectivity index (χ1v) is 6.34. The molecule has 1 aliphatic heterocycles. The molecular formula is C11H18N6O2. The van der Waals surface area contributed by atoms with Gasteiger partial charge in [0.05, 0.1) is 6.20 Å². The zero-order chi connectivity index (χ0) is 13.8. The number of urea groups is 1. The lowest BCUT2D eigenvalue weighted by atomic mass is 10.2. The predicted octanol–water partition coefficient (Wildman–Crippen LogP) is 0.114. The second-order valence-corrected chi connectivity index (χ2v) is 4.42. The van der Waals surface area contributed by atoms with Crippen molar-refractivity contribution in [3.8, 4) is 0 Å². The van der Waals surface area contributed by atoms with E-state index in [1.807, 2.05) is 6.92 Å². The van der Waals surface area contributed by atoms with Crippen LogP contribution in [0.3, 0.4) is 0 Å². The van der Waals surface area contributed by atoms with Gasteiger partial charge >= 0.3 is 6.03 Å². The van der Waals surface area contributed by atoms with Crippen LogP contribution in [-0.2, 0) is 6.54 Å². The van der Waals surface area contributed by atoms with E-state index in [2.05, 4.69) is 15.6 Å². The summed E-state index contributed by atoms with van der Waals surface area (Å²) in [4.78, 5) is 13.3. The Morgan fingerprint density at radius 1 is 1.53 bits per heavy atom. The average Bonchev–Trinajstić information content (AvgIpc) is 2.93. The number of carbonyl (C=O) groups excluding carboxylic acids is 1. The van der Waals surface area contributed by atoms with E-state index in [0.717, 1.165) is 6.42 Å². The summed E-state index contributed by atoms with van der Waals surface area (Å²) in [5, 5.41) is 27.1. The van der Waals surface area contributed by atoms with E-state index < -0.39 is 6.04 Å². The Hall–Kier alpha value is -1.96. The lowest BCUT2D eigenvalue weighted by Gasteiger charge is -2.19. The summed E-state index contributed by atoms with van der Waals surface area (Å²) in [5.41, 5.74) is 0.578. The number of aryl methyl sites for hydroxylation is 1. The van der Waals surface area contributed by atoms with Crippen LogP contribution < -0.4 is 5.32 Å². The molecule has 0 aliphatic carbocycles. The number of carbonyl (C=O) groups is 1. The Kier molecular flexibility index (Phi) is 4.10. The molecule has 1 aliphatic rings. The van der Waals surface area contributed by atoms with E-state index in [9.17, 15) is 4.79 Å². The molecule has 2 rings (SSSR count). The minimum atomic E-state index is -0.477. The van der Waals surface area contributed by atoms with Crippen LogP contribution in [0.15, 0.2) is 6.20 Å². The Labute approximate surface area is 110 Å². The van der Waals surface area contributed by atoms with Gasteiger partial charge in [0.2, 0.25) is 0 Å². The molecular weight excluding hydrogens is 248 g/mol. The average molecular weight is 266 g/mol. The predicted molar refractivity (Wildman–Crippen MR) is 67.7 cm³/mol. The third-order valence-electron chi connectivity index (χ3n) is 2.93. The molecule has 104 valence electrons. The van der Waals surface area contributed by atoms with Crippen molar-refractivity contribution >= 4 is 11.9 Å². The summed E-state index contributed by atoms with van der Waals surface area (Å²) >= 11 is 0. The maximum absolute atomic E-state index is 11.7. The van der Waals surface area contributed by atoms with Crippen LogP contribution in [-0.4, -0.2) is 50.0 Å². The molecule has 0 aromatic carbocycles. The van der Waals surface area contributed by atoms with E-state index in [1.54, 1.807) is 15.8 Å². The van der Waals surface area contributed by atoms with Crippen molar-refractivity contribution < 1.29 is 9.90 Å². The van der Waals surface area contributed by atoms with Gasteiger partial charge in [0, 0.05) is 19.7 Å². The van der Waals surface area contributed by atoms with Crippen molar-refractivity contribution in [2.24, 2.45) is 0 Å². The van der Waals surface area contributed by atoms with Crippen LogP contribution >= 0.6 is 0 Å². The molecule has 0 radical (unpaired) electrons. The number of hydrogen-bond acceptors (Lipinski definition) is 5. The van der Waals surface area contributed by atoms with E-state index >= 15 is 0 Å². The van der Waals surface area contributed by atoms with Crippen molar-refractivity contribution in [3.05, 3.63) is 11.9 Å². The molecule has 0 spiro atoms. The molecule has 1 saturated heterocycles. The minimum absolute atomic E-state index is 0.0937. The fraction of sp³-hybridized carbons (Fsp3) is 0.636. The van der Waals surface area contributed by atoms with Crippen molar-refractivity contribution in [2.75, 3.05) is 13.2 Å². The molecule has 1 unspecified atom stereocenters. The summed E-state index contributed by atoms with van der Waals surface area (Å²) in [6, 6.07) is -0.739. The maximum atomic E-state index is 11.7. The number of nitrogens with zero attached hydrogens (tertiary/aromatic N) is 4. The fourth-order valence-corrected chi connectivity index (χ4v) is 2.09. The van der Waals surface area contributed by atoms with E-state index in [4.69, 9.17) is 10.5 Å². The topological polar surface area (TPSA) is 107 Å².